The fourth-order valence-electron chi connectivity index (χ4n) is 6.88. The van der Waals surface area contributed by atoms with Gasteiger partial charge in [-0.05, 0) is 108 Å². The Balaban J connectivity index is 0.00000120. The van der Waals surface area contributed by atoms with E-state index in [1.807, 2.05) is 65.0 Å². The predicted molar refractivity (Wildman–Crippen MR) is 269 cm³/mol. The molecule has 2 atom stereocenters. The maximum atomic E-state index is 14.3. The standard InChI is InChI=1S/C30H35FN2O3.C19H33N.C4H6.C2H6/c1-8-12-14-24(21(6)31)27(10-3)33(19-20(5)34)30(35)18-32-22(7)23-15-16-29-26(17-23)25(13-9-2)28(11-4)36-29;1-6-10-13-18-17(12-8-3)16(9-4)19(20-18)14-15(5)11-7-2;1-3-4-2;1-2/h8-17,22,32H,4,6,18-19H2,1-3,5,7H3;9,14-15,20H,6-8,10-13H2,1-5H3;1H,4H2,2H3;1-2H3/b12-8-,13-9-,24-14+,27-10-;16-9-,19-14+;;. The molecule has 0 aliphatic heterocycles. The molecule has 0 fully saturated rings. The van der Waals surface area contributed by atoms with Crippen molar-refractivity contribution >= 4 is 47.0 Å². The first kappa shape index (κ1) is 56.8. The van der Waals surface area contributed by atoms with E-state index in [-0.39, 0.29) is 36.4 Å². The van der Waals surface area contributed by atoms with E-state index >= 15 is 0 Å². The van der Waals surface area contributed by atoms with Gasteiger partial charge in [-0.3, -0.25) is 9.59 Å². The second-order valence-electron chi connectivity index (χ2n) is 14.9. The predicted octanol–water partition coefficient (Wildman–Crippen LogP) is 13.4. The van der Waals surface area contributed by atoms with Gasteiger partial charge in [-0.2, -0.15) is 0 Å². The maximum Gasteiger partial charge on any atom is 0.241 e. The van der Waals surface area contributed by atoms with Crippen LogP contribution in [0.4, 0.5) is 4.39 Å². The number of unbranched alkanes of at least 4 members (excludes halogenated alkanes) is 1. The first-order valence-electron chi connectivity index (χ1n) is 22.8. The van der Waals surface area contributed by atoms with Crippen LogP contribution in [0.25, 0.3) is 35.3 Å². The smallest absolute Gasteiger partial charge is 0.241 e. The first-order valence-corrected chi connectivity index (χ1v) is 22.8. The van der Waals surface area contributed by atoms with Gasteiger partial charge in [0.15, 0.2) is 0 Å². The van der Waals surface area contributed by atoms with Gasteiger partial charge in [-0.15, -0.1) is 12.3 Å². The highest BCUT2D eigenvalue weighted by atomic mass is 19.1. The maximum absolute atomic E-state index is 14.3. The van der Waals surface area contributed by atoms with Crippen LogP contribution in [-0.4, -0.2) is 34.7 Å². The lowest BCUT2D eigenvalue weighted by molar-refractivity contribution is -0.132. The van der Waals surface area contributed by atoms with Gasteiger partial charge in [0.2, 0.25) is 5.91 Å². The highest BCUT2D eigenvalue weighted by Crippen LogP contribution is 2.31. The average Bonchev–Trinajstić information content (AvgIpc) is 3.79. The van der Waals surface area contributed by atoms with E-state index < -0.39 is 5.83 Å². The van der Waals surface area contributed by atoms with Crippen LogP contribution < -0.4 is 15.9 Å². The summed E-state index contributed by atoms with van der Waals surface area (Å²) in [7, 11) is 0. The van der Waals surface area contributed by atoms with Crippen molar-refractivity contribution in [2.75, 3.05) is 13.1 Å². The molecule has 2 heterocycles. The lowest BCUT2D eigenvalue weighted by Crippen LogP contribution is -2.41. The summed E-state index contributed by atoms with van der Waals surface area (Å²) in [6.45, 7) is 33.0. The number of furan rings is 1. The van der Waals surface area contributed by atoms with E-state index in [0.717, 1.165) is 28.5 Å². The topological polar surface area (TPSA) is 78.3 Å². The largest absolute Gasteiger partial charge is 0.456 e. The number of aromatic nitrogens is 1. The van der Waals surface area contributed by atoms with Gasteiger partial charge < -0.3 is 19.6 Å². The van der Waals surface area contributed by atoms with Gasteiger partial charge in [-0.25, -0.2) is 4.39 Å². The van der Waals surface area contributed by atoms with E-state index in [2.05, 4.69) is 76.1 Å². The molecule has 0 radical (unpaired) electrons. The zero-order chi connectivity index (χ0) is 47.2. The Kier molecular flexibility index (Phi) is 29.8. The van der Waals surface area contributed by atoms with Crippen LogP contribution in [0.15, 0.2) is 83.3 Å². The number of allylic oxidation sites excluding steroid dienone is 6. The number of amides is 1. The zero-order valence-corrected chi connectivity index (χ0v) is 40.7. The van der Waals surface area contributed by atoms with Gasteiger partial charge in [-0.1, -0.05) is 136 Å². The Morgan fingerprint density at radius 3 is 2.21 bits per heavy atom. The summed E-state index contributed by atoms with van der Waals surface area (Å²) in [6, 6.07) is 5.69. The molecule has 0 saturated carbocycles. The summed E-state index contributed by atoms with van der Waals surface area (Å²) in [5.41, 5.74) is 6.16. The Labute approximate surface area is 375 Å². The summed E-state index contributed by atoms with van der Waals surface area (Å²) < 4.78 is 20.1. The molecule has 0 aliphatic rings. The molecule has 0 aliphatic carbocycles. The highest BCUT2D eigenvalue weighted by Gasteiger charge is 2.24. The van der Waals surface area contributed by atoms with Crippen molar-refractivity contribution in [1.29, 1.82) is 0 Å². The van der Waals surface area contributed by atoms with E-state index in [1.165, 1.54) is 79.1 Å². The fraction of sp³-hybridized carbons (Fsp3) is 0.455. The lowest BCUT2D eigenvalue weighted by Gasteiger charge is -2.26. The Hall–Kier alpha value is -5.19. The quantitative estimate of drug-likeness (QED) is 0.0877. The molecule has 0 spiro atoms. The van der Waals surface area contributed by atoms with Crippen molar-refractivity contribution in [3.8, 4) is 12.3 Å². The summed E-state index contributed by atoms with van der Waals surface area (Å²) in [4.78, 5) is 30.2. The Morgan fingerprint density at radius 1 is 1.03 bits per heavy atom. The number of aryl methyl sites for hydroxylation is 1. The monoisotopic (exact) mass is 850 g/mol. The Morgan fingerprint density at radius 2 is 1.71 bits per heavy atom. The minimum atomic E-state index is -0.687. The number of hydrogen-bond acceptors (Lipinski definition) is 4. The van der Waals surface area contributed by atoms with Crippen LogP contribution in [-0.2, 0) is 22.4 Å². The van der Waals surface area contributed by atoms with Crippen LogP contribution in [0.1, 0.15) is 163 Å². The molecule has 0 saturated heterocycles. The summed E-state index contributed by atoms with van der Waals surface area (Å²) >= 11 is 0. The van der Waals surface area contributed by atoms with Crippen LogP contribution in [0, 0.1) is 18.3 Å². The number of fused-ring (bicyclic) bond motifs is 1. The number of Topliss-reactive ketones (excluding diaryl/α,β-unsaturated/α-hetero) is 1. The molecular weight excluding hydrogens is 770 g/mol. The number of halogens is 1. The van der Waals surface area contributed by atoms with Crippen LogP contribution in [0.3, 0.4) is 0 Å². The fourth-order valence-corrected chi connectivity index (χ4v) is 6.88. The number of benzene rings is 1. The SMILES string of the molecule is C#CCC.C/C=c1/c(CCC)c(CCCC)[nH]/c1=C/C(C)CCC.C=Cc1oc2ccc(C(C)NCC(=O)N(CC(C)=O)C(=C\C)/C(=C/C=C\C)C(=C)F)cc2c1/C=C\C.CC. The summed E-state index contributed by atoms with van der Waals surface area (Å²) in [5.74, 6) is 2.53. The van der Waals surface area contributed by atoms with Crippen molar-refractivity contribution < 1.29 is 18.4 Å². The first-order chi connectivity index (χ1) is 29.8. The third-order valence-electron chi connectivity index (χ3n) is 9.86. The van der Waals surface area contributed by atoms with Crippen molar-refractivity contribution in [2.24, 2.45) is 5.92 Å². The summed E-state index contributed by atoms with van der Waals surface area (Å²) in [5, 5.41) is 7.01. The van der Waals surface area contributed by atoms with E-state index in [9.17, 15) is 14.0 Å². The molecule has 3 rings (SSSR count). The number of aromatic amines is 1. The number of nitrogens with zero attached hydrogens (tertiary/aromatic N) is 1. The highest BCUT2D eigenvalue weighted by molar-refractivity contribution is 5.91. The number of hydrogen-bond donors (Lipinski definition) is 2. The second kappa shape index (κ2) is 32.5. The van der Waals surface area contributed by atoms with Gasteiger partial charge in [0.05, 0.1) is 18.8 Å². The molecule has 7 heteroatoms. The molecule has 340 valence electrons. The normalized spacial score (nSPS) is 13.1. The van der Waals surface area contributed by atoms with Crippen LogP contribution >= 0.6 is 0 Å². The lowest BCUT2D eigenvalue weighted by atomic mass is 10.0. The number of carbonyl (C=O) groups is 2. The zero-order valence-electron chi connectivity index (χ0n) is 40.7. The average molecular weight is 850 g/mol. The number of nitrogens with one attached hydrogen (secondary N) is 2. The van der Waals surface area contributed by atoms with Crippen molar-refractivity contribution in [3.63, 3.8) is 0 Å². The number of carbonyl (C=O) groups excluding carboxylic acids is 2. The van der Waals surface area contributed by atoms with Gasteiger partial charge in [0, 0.05) is 40.0 Å². The molecule has 6 nitrogen and oxygen atoms in total. The molecule has 62 heavy (non-hydrogen) atoms. The number of terminal acetylenes is 1. The van der Waals surface area contributed by atoms with Crippen molar-refractivity contribution in [3.05, 3.63) is 118 Å². The molecule has 2 N–H and O–H groups in total. The summed E-state index contributed by atoms with van der Waals surface area (Å²) in [6.07, 6.45) is 31.2. The van der Waals surface area contributed by atoms with E-state index in [1.54, 1.807) is 43.7 Å². The molecule has 3 aromatic rings. The second-order valence-corrected chi connectivity index (χ2v) is 14.9. The number of H-pyrrole nitrogens is 1. The number of rotatable bonds is 20. The third-order valence-corrected chi connectivity index (χ3v) is 9.86. The van der Waals surface area contributed by atoms with Crippen molar-refractivity contribution in [1.82, 2.24) is 15.2 Å². The molecular formula is C55H80FN3O3. The number of ketones is 1. The third kappa shape index (κ3) is 18.4. The van der Waals surface area contributed by atoms with E-state index in [4.69, 9.17) is 10.8 Å². The van der Waals surface area contributed by atoms with Gasteiger partial charge in [0.1, 0.15) is 23.0 Å². The minimum Gasteiger partial charge on any atom is -0.456 e. The molecule has 2 unspecified atom stereocenters. The molecule has 1 aromatic carbocycles. The van der Waals surface area contributed by atoms with E-state index in [0.29, 0.717) is 17.4 Å². The molecule has 1 amide bonds. The molecule has 0 bridgehead atoms. The van der Waals surface area contributed by atoms with Crippen molar-refractivity contribution in [2.45, 2.75) is 147 Å². The van der Waals surface area contributed by atoms with Gasteiger partial charge in [0.25, 0.3) is 0 Å². The van der Waals surface area contributed by atoms with Crippen LogP contribution in [0.2, 0.25) is 0 Å². The molecule has 2 aromatic heterocycles. The Bertz CT molecular complexity index is 2130. The van der Waals surface area contributed by atoms with Crippen LogP contribution in [0.5, 0.6) is 0 Å². The minimum absolute atomic E-state index is 0.0511. The van der Waals surface area contributed by atoms with Gasteiger partial charge >= 0.3 is 0 Å².